The molecule has 1 aliphatic rings. The van der Waals surface area contributed by atoms with Gasteiger partial charge < -0.3 is 20.9 Å². The van der Waals surface area contributed by atoms with Crippen LogP contribution in [0.1, 0.15) is 38.3 Å². The minimum Gasteiger partial charge on any atom is -0.357 e. The lowest BCUT2D eigenvalue weighted by Gasteiger charge is -2.29. The van der Waals surface area contributed by atoms with Gasteiger partial charge in [0.05, 0.1) is 12.0 Å². The lowest BCUT2D eigenvalue weighted by molar-refractivity contribution is -0.141. The van der Waals surface area contributed by atoms with Gasteiger partial charge in [-0.25, -0.2) is 9.97 Å². The maximum Gasteiger partial charge on any atom is 0.433 e. The molecule has 1 aromatic rings. The summed E-state index contributed by atoms with van der Waals surface area (Å²) in [5, 5.41) is 9.01. The SMILES string of the molecule is CCNC(=NCC1(C(=O)N(C)C)CCCC1)NCCNc1nccc(C(F)(F)F)n1.I. The number of aliphatic imine (C=N–C) groups is 1. The number of halogens is 4. The molecule has 0 bridgehead atoms. The van der Waals surface area contributed by atoms with Crippen molar-refractivity contribution in [1.82, 2.24) is 25.5 Å². The topological polar surface area (TPSA) is 94.5 Å². The lowest BCUT2D eigenvalue weighted by atomic mass is 9.85. The monoisotopic (exact) mass is 557 g/mol. The molecule has 3 N–H and O–H groups in total. The van der Waals surface area contributed by atoms with Crippen LogP contribution in [0.4, 0.5) is 19.1 Å². The van der Waals surface area contributed by atoms with Gasteiger partial charge in [0.25, 0.3) is 0 Å². The fourth-order valence-electron chi connectivity index (χ4n) is 3.49. The minimum atomic E-state index is -4.51. The summed E-state index contributed by atoms with van der Waals surface area (Å²) in [6.07, 6.45) is 0.227. The van der Waals surface area contributed by atoms with E-state index in [1.807, 2.05) is 6.92 Å². The van der Waals surface area contributed by atoms with Gasteiger partial charge in [-0.2, -0.15) is 13.2 Å². The van der Waals surface area contributed by atoms with Crippen molar-refractivity contribution in [2.24, 2.45) is 10.4 Å². The van der Waals surface area contributed by atoms with E-state index in [4.69, 9.17) is 0 Å². The van der Waals surface area contributed by atoms with Crippen molar-refractivity contribution in [2.45, 2.75) is 38.8 Å². The predicted octanol–water partition coefficient (Wildman–Crippen LogP) is 2.73. The molecule has 2 rings (SSSR count). The number of carbonyl (C=O) groups is 1. The molecular weight excluding hydrogens is 526 g/mol. The van der Waals surface area contributed by atoms with Gasteiger partial charge in [-0.15, -0.1) is 24.0 Å². The number of amides is 1. The van der Waals surface area contributed by atoms with Crippen LogP contribution in [-0.4, -0.2) is 67.0 Å². The summed E-state index contributed by atoms with van der Waals surface area (Å²) in [6, 6.07) is 0.827. The number of anilines is 1. The van der Waals surface area contributed by atoms with E-state index in [2.05, 4.69) is 30.9 Å². The third-order valence-electron chi connectivity index (χ3n) is 4.95. The quantitative estimate of drug-likeness (QED) is 0.197. The molecule has 12 heteroatoms. The second kappa shape index (κ2) is 12.2. The summed E-state index contributed by atoms with van der Waals surface area (Å²) in [7, 11) is 3.52. The first-order valence-electron chi connectivity index (χ1n) is 10.1. The van der Waals surface area contributed by atoms with Crippen LogP contribution in [0.25, 0.3) is 0 Å². The molecular formula is C19H31F3IN7O. The van der Waals surface area contributed by atoms with Crippen LogP contribution < -0.4 is 16.0 Å². The Hall–Kier alpha value is -1.86. The van der Waals surface area contributed by atoms with E-state index >= 15 is 0 Å². The fourth-order valence-corrected chi connectivity index (χ4v) is 3.49. The van der Waals surface area contributed by atoms with Gasteiger partial charge in [0.1, 0.15) is 5.69 Å². The van der Waals surface area contributed by atoms with E-state index in [1.54, 1.807) is 19.0 Å². The Morgan fingerprint density at radius 1 is 1.23 bits per heavy atom. The molecule has 176 valence electrons. The number of nitrogens with one attached hydrogen (secondary N) is 3. The molecule has 1 aliphatic carbocycles. The highest BCUT2D eigenvalue weighted by Gasteiger charge is 2.42. The summed E-state index contributed by atoms with van der Waals surface area (Å²) in [6.45, 7) is 3.66. The number of guanidine groups is 1. The van der Waals surface area contributed by atoms with Gasteiger partial charge in [0.15, 0.2) is 5.96 Å². The molecule has 0 spiro atoms. The average Bonchev–Trinajstić information content (AvgIpc) is 3.18. The van der Waals surface area contributed by atoms with Crippen molar-refractivity contribution in [2.75, 3.05) is 45.6 Å². The van der Waals surface area contributed by atoms with Crippen LogP contribution in [0.15, 0.2) is 17.3 Å². The fraction of sp³-hybridized carbons (Fsp3) is 0.684. The maximum atomic E-state index is 12.7. The Morgan fingerprint density at radius 2 is 1.90 bits per heavy atom. The van der Waals surface area contributed by atoms with Crippen LogP contribution >= 0.6 is 24.0 Å². The number of hydrogen-bond acceptors (Lipinski definition) is 5. The number of rotatable bonds is 8. The molecule has 0 radical (unpaired) electrons. The van der Waals surface area contributed by atoms with Crippen molar-refractivity contribution in [3.63, 3.8) is 0 Å². The van der Waals surface area contributed by atoms with Crippen molar-refractivity contribution < 1.29 is 18.0 Å². The van der Waals surface area contributed by atoms with Gasteiger partial charge in [-0.05, 0) is 25.8 Å². The zero-order valence-electron chi connectivity index (χ0n) is 18.1. The maximum absolute atomic E-state index is 12.7. The third kappa shape index (κ3) is 7.96. The first-order chi connectivity index (χ1) is 14.2. The van der Waals surface area contributed by atoms with E-state index < -0.39 is 17.3 Å². The molecule has 0 aliphatic heterocycles. The summed E-state index contributed by atoms with van der Waals surface area (Å²) in [4.78, 5) is 26.2. The van der Waals surface area contributed by atoms with Gasteiger partial charge in [0.2, 0.25) is 11.9 Å². The predicted molar refractivity (Wildman–Crippen MR) is 125 cm³/mol. The zero-order chi connectivity index (χ0) is 22.2. The van der Waals surface area contributed by atoms with Crippen LogP contribution in [0.2, 0.25) is 0 Å². The largest absolute Gasteiger partial charge is 0.433 e. The summed E-state index contributed by atoms with van der Waals surface area (Å²) in [5.74, 6) is 0.570. The average molecular weight is 557 g/mol. The van der Waals surface area contributed by atoms with Crippen LogP contribution in [0, 0.1) is 5.41 Å². The number of alkyl halides is 3. The molecule has 1 amide bonds. The summed E-state index contributed by atoms with van der Waals surface area (Å²) in [5.41, 5.74) is -1.45. The number of carbonyl (C=O) groups excluding carboxylic acids is 1. The Labute approximate surface area is 197 Å². The molecule has 8 nitrogen and oxygen atoms in total. The highest BCUT2D eigenvalue weighted by atomic mass is 127. The molecule has 0 atom stereocenters. The molecule has 31 heavy (non-hydrogen) atoms. The number of hydrogen-bond donors (Lipinski definition) is 3. The van der Waals surface area contributed by atoms with Crippen LogP contribution in [0.5, 0.6) is 0 Å². The zero-order valence-corrected chi connectivity index (χ0v) is 20.4. The Bertz CT molecular complexity index is 737. The van der Waals surface area contributed by atoms with Gasteiger partial charge >= 0.3 is 6.18 Å². The molecule has 1 heterocycles. The van der Waals surface area contributed by atoms with E-state index in [0.717, 1.165) is 37.9 Å². The first kappa shape index (κ1) is 27.2. The Morgan fingerprint density at radius 3 is 2.48 bits per heavy atom. The standard InChI is InChI=1S/C19H30F3N7O.HI/c1-4-23-16(27-13-18(8-5-6-9-18)15(30)29(2)3)25-11-12-26-17-24-10-7-14(28-17)19(20,21)22;/h7,10H,4-6,8-9,11-13H2,1-3H3,(H2,23,25,27)(H,24,26,28);1H. The highest BCUT2D eigenvalue weighted by Crippen LogP contribution is 2.39. The van der Waals surface area contributed by atoms with Crippen LogP contribution in [0.3, 0.4) is 0 Å². The molecule has 1 saturated carbocycles. The minimum absolute atomic E-state index is 0. The second-order valence-electron chi connectivity index (χ2n) is 7.50. The van der Waals surface area contributed by atoms with Crippen molar-refractivity contribution in [3.05, 3.63) is 18.0 Å². The normalized spacial score (nSPS) is 15.7. The lowest BCUT2D eigenvalue weighted by Crippen LogP contribution is -2.43. The molecule has 0 aromatic carbocycles. The van der Waals surface area contributed by atoms with Crippen molar-refractivity contribution in [1.29, 1.82) is 0 Å². The molecule has 1 fully saturated rings. The van der Waals surface area contributed by atoms with Crippen molar-refractivity contribution >= 4 is 41.8 Å². The van der Waals surface area contributed by atoms with E-state index in [1.165, 1.54) is 0 Å². The van der Waals surface area contributed by atoms with Gasteiger partial charge in [0, 0.05) is 39.9 Å². The summed E-state index contributed by atoms with van der Waals surface area (Å²) >= 11 is 0. The first-order valence-corrected chi connectivity index (χ1v) is 10.1. The third-order valence-corrected chi connectivity index (χ3v) is 4.95. The van der Waals surface area contributed by atoms with Crippen LogP contribution in [-0.2, 0) is 11.0 Å². The highest BCUT2D eigenvalue weighted by molar-refractivity contribution is 14.0. The molecule has 0 unspecified atom stereocenters. The van der Waals surface area contributed by atoms with Gasteiger partial charge in [-0.3, -0.25) is 9.79 Å². The van der Waals surface area contributed by atoms with E-state index in [9.17, 15) is 18.0 Å². The van der Waals surface area contributed by atoms with Gasteiger partial charge in [-0.1, -0.05) is 12.8 Å². The van der Waals surface area contributed by atoms with E-state index in [-0.39, 0.29) is 35.8 Å². The molecule has 0 saturated heterocycles. The molecule has 1 aromatic heterocycles. The summed E-state index contributed by atoms with van der Waals surface area (Å²) < 4.78 is 38.1. The second-order valence-corrected chi connectivity index (χ2v) is 7.50. The number of nitrogens with zero attached hydrogens (tertiary/aromatic N) is 4. The smallest absolute Gasteiger partial charge is 0.357 e. The Balaban J connectivity index is 0.00000480. The number of aromatic nitrogens is 2. The Kier molecular flexibility index (Phi) is 10.7. The van der Waals surface area contributed by atoms with Crippen molar-refractivity contribution in [3.8, 4) is 0 Å². The van der Waals surface area contributed by atoms with E-state index in [0.29, 0.717) is 32.1 Å².